The first-order valence-electron chi connectivity index (χ1n) is 10.4. The fourth-order valence-electron chi connectivity index (χ4n) is 4.65. The zero-order valence-electron chi connectivity index (χ0n) is 17.6. The molecular weight excluding hydrogens is 396 g/mol. The van der Waals surface area contributed by atoms with Gasteiger partial charge in [0, 0.05) is 19.0 Å². The lowest BCUT2D eigenvalue weighted by Crippen LogP contribution is -2.40. The molecule has 0 spiro atoms. The van der Waals surface area contributed by atoms with E-state index in [1.807, 2.05) is 50.2 Å². The standard InChI is InChI=1S/C24H26N2O5/c1-24(2)14-26(12-20(24)22(28)29)21(27)11-25-23(30)31-13-19-17-9-5-3-7-15(17)16-8-4-6-10-18(16)19/h3-10,19-20H,11-14H2,1-2H3,(H,25,30)(H,28,29). The number of carboxylic acid groups (broad SMARTS) is 1. The molecule has 2 aromatic carbocycles. The molecule has 1 atom stereocenters. The number of hydrogen-bond donors (Lipinski definition) is 2. The fraction of sp³-hybridized carbons (Fsp3) is 0.375. The summed E-state index contributed by atoms with van der Waals surface area (Å²) in [6.45, 7) is 4.10. The molecule has 0 aromatic heterocycles. The molecule has 7 heteroatoms. The zero-order chi connectivity index (χ0) is 22.2. The van der Waals surface area contributed by atoms with Gasteiger partial charge in [-0.25, -0.2) is 4.79 Å². The molecular formula is C24H26N2O5. The van der Waals surface area contributed by atoms with E-state index in [0.29, 0.717) is 6.54 Å². The number of fused-ring (bicyclic) bond motifs is 3. The molecule has 2 aliphatic rings. The molecule has 1 saturated heterocycles. The first kappa shape index (κ1) is 20.9. The minimum absolute atomic E-state index is 0.0513. The minimum atomic E-state index is -0.912. The Morgan fingerprint density at radius 2 is 1.65 bits per heavy atom. The van der Waals surface area contributed by atoms with Crippen molar-refractivity contribution in [1.82, 2.24) is 10.2 Å². The Kier molecular flexibility index (Phi) is 5.43. The third kappa shape index (κ3) is 4.00. The van der Waals surface area contributed by atoms with Crippen LogP contribution in [-0.4, -0.2) is 54.2 Å². The molecule has 0 bridgehead atoms. The number of carbonyl (C=O) groups is 3. The molecule has 162 valence electrons. The van der Waals surface area contributed by atoms with Crippen LogP contribution in [0.4, 0.5) is 4.79 Å². The summed E-state index contributed by atoms with van der Waals surface area (Å²) in [5.74, 6) is -1.90. The van der Waals surface area contributed by atoms with Crippen LogP contribution in [0.3, 0.4) is 0 Å². The maximum atomic E-state index is 12.5. The molecule has 2 N–H and O–H groups in total. The monoisotopic (exact) mass is 422 g/mol. The van der Waals surface area contributed by atoms with Crippen molar-refractivity contribution in [2.45, 2.75) is 19.8 Å². The highest BCUT2D eigenvalue weighted by Gasteiger charge is 2.45. The molecule has 1 aliphatic heterocycles. The molecule has 1 heterocycles. The molecule has 1 aliphatic carbocycles. The number of likely N-dealkylation sites (tertiary alicyclic amines) is 1. The van der Waals surface area contributed by atoms with Crippen LogP contribution in [0.15, 0.2) is 48.5 Å². The summed E-state index contributed by atoms with van der Waals surface area (Å²) in [5, 5.41) is 11.9. The summed E-state index contributed by atoms with van der Waals surface area (Å²) in [6.07, 6.45) is -0.663. The van der Waals surface area contributed by atoms with E-state index in [2.05, 4.69) is 17.4 Å². The van der Waals surface area contributed by atoms with E-state index in [1.165, 1.54) is 4.90 Å². The van der Waals surface area contributed by atoms with Crippen LogP contribution in [0.25, 0.3) is 11.1 Å². The van der Waals surface area contributed by atoms with Gasteiger partial charge in [0.05, 0.1) is 5.92 Å². The lowest BCUT2D eigenvalue weighted by molar-refractivity contribution is -0.144. The molecule has 2 aromatic rings. The second-order valence-electron chi connectivity index (χ2n) is 8.83. The van der Waals surface area contributed by atoms with Crippen LogP contribution in [0.1, 0.15) is 30.9 Å². The summed E-state index contributed by atoms with van der Waals surface area (Å²) >= 11 is 0. The van der Waals surface area contributed by atoms with Gasteiger partial charge in [0.15, 0.2) is 0 Å². The lowest BCUT2D eigenvalue weighted by atomic mass is 9.82. The Morgan fingerprint density at radius 1 is 1.06 bits per heavy atom. The summed E-state index contributed by atoms with van der Waals surface area (Å²) in [7, 11) is 0. The molecule has 7 nitrogen and oxygen atoms in total. The normalized spacial score (nSPS) is 18.9. The van der Waals surface area contributed by atoms with Gasteiger partial charge < -0.3 is 20.1 Å². The van der Waals surface area contributed by atoms with Gasteiger partial charge in [-0.3, -0.25) is 9.59 Å². The van der Waals surface area contributed by atoms with Gasteiger partial charge in [0.1, 0.15) is 13.2 Å². The topological polar surface area (TPSA) is 95.9 Å². The van der Waals surface area contributed by atoms with Gasteiger partial charge >= 0.3 is 12.1 Å². The Labute approximate surface area is 181 Å². The van der Waals surface area contributed by atoms with Gasteiger partial charge in [-0.15, -0.1) is 0 Å². The number of nitrogens with one attached hydrogen (secondary N) is 1. The van der Waals surface area contributed by atoms with Gasteiger partial charge in [-0.05, 0) is 27.7 Å². The van der Waals surface area contributed by atoms with Crippen molar-refractivity contribution in [2.24, 2.45) is 11.3 Å². The number of hydrogen-bond acceptors (Lipinski definition) is 4. The molecule has 2 amide bonds. The first-order valence-corrected chi connectivity index (χ1v) is 10.4. The SMILES string of the molecule is CC1(C)CN(C(=O)CNC(=O)OCC2c3ccccc3-c3ccccc32)CC1C(=O)O. The number of carboxylic acids is 1. The van der Waals surface area contributed by atoms with Crippen molar-refractivity contribution in [3.05, 3.63) is 59.7 Å². The van der Waals surface area contributed by atoms with E-state index in [4.69, 9.17) is 4.74 Å². The predicted octanol–water partition coefficient (Wildman–Crippen LogP) is 3.09. The fourth-order valence-corrected chi connectivity index (χ4v) is 4.65. The summed E-state index contributed by atoms with van der Waals surface area (Å²) in [6, 6.07) is 16.1. The predicted molar refractivity (Wildman–Crippen MR) is 115 cm³/mol. The third-order valence-electron chi connectivity index (χ3n) is 6.32. The Bertz CT molecular complexity index is 987. The van der Waals surface area contributed by atoms with Crippen LogP contribution in [-0.2, 0) is 14.3 Å². The van der Waals surface area contributed by atoms with Gasteiger partial charge in [-0.1, -0.05) is 62.4 Å². The number of rotatable bonds is 5. The van der Waals surface area contributed by atoms with Crippen molar-refractivity contribution in [3.8, 4) is 11.1 Å². The summed E-state index contributed by atoms with van der Waals surface area (Å²) in [5.41, 5.74) is 4.02. The molecule has 4 rings (SSSR count). The Balaban J connectivity index is 1.33. The van der Waals surface area contributed by atoms with E-state index in [0.717, 1.165) is 22.3 Å². The second-order valence-corrected chi connectivity index (χ2v) is 8.83. The number of nitrogens with zero attached hydrogens (tertiary/aromatic N) is 1. The van der Waals surface area contributed by atoms with E-state index < -0.39 is 23.4 Å². The quantitative estimate of drug-likeness (QED) is 0.772. The Hall–Kier alpha value is -3.35. The highest BCUT2D eigenvalue weighted by atomic mass is 16.5. The molecule has 1 fully saturated rings. The molecule has 1 unspecified atom stereocenters. The number of ether oxygens (including phenoxy) is 1. The lowest BCUT2D eigenvalue weighted by Gasteiger charge is -2.22. The summed E-state index contributed by atoms with van der Waals surface area (Å²) < 4.78 is 5.44. The van der Waals surface area contributed by atoms with Crippen LogP contribution < -0.4 is 5.32 Å². The van der Waals surface area contributed by atoms with Crippen LogP contribution >= 0.6 is 0 Å². The van der Waals surface area contributed by atoms with Crippen molar-refractivity contribution >= 4 is 18.0 Å². The molecule has 31 heavy (non-hydrogen) atoms. The van der Waals surface area contributed by atoms with Crippen LogP contribution in [0, 0.1) is 11.3 Å². The van der Waals surface area contributed by atoms with E-state index in [-0.39, 0.29) is 31.5 Å². The largest absolute Gasteiger partial charge is 0.481 e. The highest BCUT2D eigenvalue weighted by Crippen LogP contribution is 2.44. The van der Waals surface area contributed by atoms with Gasteiger partial charge in [0.25, 0.3) is 0 Å². The average molecular weight is 422 g/mol. The number of carbonyl (C=O) groups excluding carboxylic acids is 2. The van der Waals surface area contributed by atoms with E-state index >= 15 is 0 Å². The minimum Gasteiger partial charge on any atom is -0.481 e. The first-order chi connectivity index (χ1) is 14.8. The van der Waals surface area contributed by atoms with Crippen molar-refractivity contribution in [3.63, 3.8) is 0 Å². The second kappa shape index (κ2) is 8.06. The highest BCUT2D eigenvalue weighted by molar-refractivity contribution is 5.84. The van der Waals surface area contributed by atoms with E-state index in [9.17, 15) is 19.5 Å². The van der Waals surface area contributed by atoms with Crippen LogP contribution in [0.2, 0.25) is 0 Å². The van der Waals surface area contributed by atoms with Gasteiger partial charge in [0.2, 0.25) is 5.91 Å². The van der Waals surface area contributed by atoms with Crippen molar-refractivity contribution in [2.75, 3.05) is 26.2 Å². The van der Waals surface area contributed by atoms with Crippen LogP contribution in [0.5, 0.6) is 0 Å². The number of amides is 2. The number of benzene rings is 2. The summed E-state index contributed by atoms with van der Waals surface area (Å²) in [4.78, 5) is 37.6. The average Bonchev–Trinajstić information content (AvgIpc) is 3.24. The maximum absolute atomic E-state index is 12.5. The smallest absolute Gasteiger partial charge is 0.407 e. The Morgan fingerprint density at radius 3 is 2.19 bits per heavy atom. The van der Waals surface area contributed by atoms with Crippen molar-refractivity contribution < 1.29 is 24.2 Å². The molecule has 0 saturated carbocycles. The van der Waals surface area contributed by atoms with Gasteiger partial charge in [-0.2, -0.15) is 0 Å². The molecule has 0 radical (unpaired) electrons. The maximum Gasteiger partial charge on any atom is 0.407 e. The zero-order valence-corrected chi connectivity index (χ0v) is 17.6. The number of alkyl carbamates (subject to hydrolysis) is 1. The number of aliphatic carboxylic acids is 1. The van der Waals surface area contributed by atoms with E-state index in [1.54, 1.807) is 0 Å². The third-order valence-corrected chi connectivity index (χ3v) is 6.32. The van der Waals surface area contributed by atoms with Crippen molar-refractivity contribution in [1.29, 1.82) is 0 Å².